The molecular weight excluding hydrogens is 320 g/mol. The van der Waals surface area contributed by atoms with E-state index in [2.05, 4.69) is 0 Å². The van der Waals surface area contributed by atoms with E-state index in [1.54, 1.807) is 48.5 Å². The van der Waals surface area contributed by atoms with Gasteiger partial charge < -0.3 is 14.2 Å². The summed E-state index contributed by atoms with van der Waals surface area (Å²) >= 11 is 0. The summed E-state index contributed by atoms with van der Waals surface area (Å²) in [5.74, 6) is -0.951. The third-order valence-corrected chi connectivity index (χ3v) is 3.47. The lowest BCUT2D eigenvalue weighted by Crippen LogP contribution is -2.29. The summed E-state index contributed by atoms with van der Waals surface area (Å²) < 4.78 is 16.4. The Labute approximate surface area is 147 Å². The standard InChI is InChI=1S/C20H22O5/c1-3-17(24-19(21)15-11-7-5-8-12-15)23-18(4-2)25-20(22)16-13-9-6-10-14-16/h5-14,17-18H,3-4H2,1-2H3. The Morgan fingerprint density at radius 2 is 1.08 bits per heavy atom. The number of ether oxygens (including phenoxy) is 3. The first kappa shape index (κ1) is 18.7. The van der Waals surface area contributed by atoms with Crippen molar-refractivity contribution in [2.24, 2.45) is 0 Å². The molecule has 0 spiro atoms. The molecule has 5 nitrogen and oxygen atoms in total. The van der Waals surface area contributed by atoms with Crippen molar-refractivity contribution in [1.82, 2.24) is 0 Å². The summed E-state index contributed by atoms with van der Waals surface area (Å²) in [4.78, 5) is 24.2. The van der Waals surface area contributed by atoms with E-state index in [0.717, 1.165) is 0 Å². The van der Waals surface area contributed by atoms with E-state index < -0.39 is 24.5 Å². The predicted octanol–water partition coefficient (Wildman–Crippen LogP) is 4.19. The lowest BCUT2D eigenvalue weighted by Gasteiger charge is -2.23. The molecule has 5 heteroatoms. The van der Waals surface area contributed by atoms with E-state index in [1.165, 1.54) is 0 Å². The summed E-state index contributed by atoms with van der Waals surface area (Å²) in [6, 6.07) is 17.3. The number of hydrogen-bond acceptors (Lipinski definition) is 5. The van der Waals surface area contributed by atoms with Gasteiger partial charge >= 0.3 is 11.9 Å². The van der Waals surface area contributed by atoms with Gasteiger partial charge in [-0.2, -0.15) is 0 Å². The number of carbonyl (C=O) groups excluding carboxylic acids is 2. The molecule has 0 aliphatic rings. The first-order valence-electron chi connectivity index (χ1n) is 8.31. The molecule has 0 fully saturated rings. The lowest BCUT2D eigenvalue weighted by molar-refractivity contribution is -0.209. The molecule has 2 atom stereocenters. The van der Waals surface area contributed by atoms with Crippen molar-refractivity contribution in [2.75, 3.05) is 0 Å². The maximum Gasteiger partial charge on any atom is 0.340 e. The Hall–Kier alpha value is -2.66. The van der Waals surface area contributed by atoms with Crippen molar-refractivity contribution >= 4 is 11.9 Å². The molecule has 2 rings (SSSR count). The molecule has 0 heterocycles. The van der Waals surface area contributed by atoms with Crippen molar-refractivity contribution in [3.8, 4) is 0 Å². The van der Waals surface area contributed by atoms with Gasteiger partial charge in [-0.25, -0.2) is 9.59 Å². The molecule has 132 valence electrons. The Morgan fingerprint density at radius 1 is 0.720 bits per heavy atom. The minimum Gasteiger partial charge on any atom is -0.432 e. The van der Waals surface area contributed by atoms with Crippen LogP contribution in [0.25, 0.3) is 0 Å². The van der Waals surface area contributed by atoms with Gasteiger partial charge in [0.05, 0.1) is 11.1 Å². The third-order valence-electron chi connectivity index (χ3n) is 3.47. The molecule has 0 radical (unpaired) electrons. The average Bonchev–Trinajstić information content (AvgIpc) is 2.67. The first-order chi connectivity index (χ1) is 12.1. The Bertz CT molecular complexity index is 610. The van der Waals surface area contributed by atoms with E-state index in [9.17, 15) is 9.59 Å². The second-order valence-corrected chi connectivity index (χ2v) is 5.35. The molecule has 0 saturated heterocycles. The highest BCUT2D eigenvalue weighted by Crippen LogP contribution is 2.14. The number of carbonyl (C=O) groups is 2. The highest BCUT2D eigenvalue weighted by molar-refractivity contribution is 5.89. The van der Waals surface area contributed by atoms with Gasteiger partial charge in [-0.05, 0) is 24.3 Å². The van der Waals surface area contributed by atoms with E-state index in [0.29, 0.717) is 24.0 Å². The van der Waals surface area contributed by atoms with Crippen LogP contribution < -0.4 is 0 Å². The first-order valence-corrected chi connectivity index (χ1v) is 8.31. The summed E-state index contributed by atoms with van der Waals surface area (Å²) in [5, 5.41) is 0. The number of hydrogen-bond donors (Lipinski definition) is 0. The fourth-order valence-corrected chi connectivity index (χ4v) is 2.11. The van der Waals surface area contributed by atoms with Crippen molar-refractivity contribution in [1.29, 1.82) is 0 Å². The van der Waals surface area contributed by atoms with E-state index in [4.69, 9.17) is 14.2 Å². The fourth-order valence-electron chi connectivity index (χ4n) is 2.11. The van der Waals surface area contributed by atoms with Crippen molar-refractivity contribution in [2.45, 2.75) is 39.3 Å². The third kappa shape index (κ3) is 5.72. The summed E-state index contributed by atoms with van der Waals surface area (Å²) in [6.07, 6.45) is -0.696. The minimum atomic E-state index is -0.791. The maximum absolute atomic E-state index is 12.1. The molecule has 2 unspecified atom stereocenters. The smallest absolute Gasteiger partial charge is 0.340 e. The Balaban J connectivity index is 1.93. The zero-order valence-electron chi connectivity index (χ0n) is 14.4. The van der Waals surface area contributed by atoms with Crippen molar-refractivity contribution in [3.05, 3.63) is 71.8 Å². The highest BCUT2D eigenvalue weighted by Gasteiger charge is 2.22. The molecule has 0 amide bonds. The predicted molar refractivity (Wildman–Crippen MR) is 93.0 cm³/mol. The molecule has 0 bridgehead atoms. The van der Waals surface area contributed by atoms with Crippen LogP contribution in [0.4, 0.5) is 0 Å². The van der Waals surface area contributed by atoms with E-state index in [1.807, 2.05) is 26.0 Å². The van der Waals surface area contributed by atoms with E-state index >= 15 is 0 Å². The average molecular weight is 342 g/mol. The van der Waals surface area contributed by atoms with Crippen molar-refractivity contribution < 1.29 is 23.8 Å². The zero-order valence-corrected chi connectivity index (χ0v) is 14.4. The van der Waals surface area contributed by atoms with Crippen LogP contribution in [-0.2, 0) is 14.2 Å². The van der Waals surface area contributed by atoms with E-state index in [-0.39, 0.29) is 0 Å². The summed E-state index contributed by atoms with van der Waals surface area (Å²) in [6.45, 7) is 3.66. The molecule has 0 aromatic heterocycles. The summed E-state index contributed by atoms with van der Waals surface area (Å²) in [5.41, 5.74) is 0.887. The van der Waals surface area contributed by atoms with Crippen LogP contribution in [0.5, 0.6) is 0 Å². The van der Waals surface area contributed by atoms with Gasteiger partial charge in [-0.3, -0.25) is 0 Å². The van der Waals surface area contributed by atoms with Crippen LogP contribution in [0.3, 0.4) is 0 Å². The van der Waals surface area contributed by atoms with Crippen LogP contribution in [0.2, 0.25) is 0 Å². The topological polar surface area (TPSA) is 61.8 Å². The Morgan fingerprint density at radius 3 is 1.40 bits per heavy atom. The summed E-state index contributed by atoms with van der Waals surface area (Å²) in [7, 11) is 0. The van der Waals surface area contributed by atoms with Gasteiger partial charge in [-0.15, -0.1) is 0 Å². The maximum atomic E-state index is 12.1. The molecule has 25 heavy (non-hydrogen) atoms. The van der Waals surface area contributed by atoms with Gasteiger partial charge in [-0.1, -0.05) is 50.2 Å². The molecular formula is C20H22O5. The van der Waals surface area contributed by atoms with Crippen LogP contribution in [0, 0.1) is 0 Å². The van der Waals surface area contributed by atoms with Crippen LogP contribution in [0.1, 0.15) is 47.4 Å². The number of esters is 2. The second kappa shape index (κ2) is 9.59. The molecule has 0 saturated carbocycles. The second-order valence-electron chi connectivity index (χ2n) is 5.35. The molecule has 0 N–H and O–H groups in total. The number of benzene rings is 2. The van der Waals surface area contributed by atoms with Gasteiger partial charge in [0.1, 0.15) is 0 Å². The normalized spacial score (nSPS) is 12.9. The largest absolute Gasteiger partial charge is 0.432 e. The quantitative estimate of drug-likeness (QED) is 0.532. The van der Waals surface area contributed by atoms with Gasteiger partial charge in [0, 0.05) is 12.8 Å². The monoisotopic (exact) mass is 342 g/mol. The number of rotatable bonds is 8. The minimum absolute atomic E-state index is 0.442. The zero-order chi connectivity index (χ0) is 18.1. The lowest BCUT2D eigenvalue weighted by atomic mass is 10.2. The highest BCUT2D eigenvalue weighted by atomic mass is 16.8. The van der Waals surface area contributed by atoms with Gasteiger partial charge in [0.15, 0.2) is 0 Å². The molecule has 0 aliphatic carbocycles. The van der Waals surface area contributed by atoms with Gasteiger partial charge in [0.2, 0.25) is 12.6 Å². The Kier molecular flexibility index (Phi) is 7.16. The van der Waals surface area contributed by atoms with Gasteiger partial charge in [0.25, 0.3) is 0 Å². The van der Waals surface area contributed by atoms with Crippen LogP contribution in [-0.4, -0.2) is 24.5 Å². The van der Waals surface area contributed by atoms with Crippen LogP contribution >= 0.6 is 0 Å². The molecule has 2 aromatic rings. The van der Waals surface area contributed by atoms with Crippen LogP contribution in [0.15, 0.2) is 60.7 Å². The van der Waals surface area contributed by atoms with Crippen molar-refractivity contribution in [3.63, 3.8) is 0 Å². The SMILES string of the molecule is CCC(OC(=O)c1ccccc1)OC(CC)OC(=O)c1ccccc1. The molecule has 0 aliphatic heterocycles. The fraction of sp³-hybridized carbons (Fsp3) is 0.300. The molecule has 2 aromatic carbocycles.